The summed E-state index contributed by atoms with van der Waals surface area (Å²) in [4.78, 5) is 12.5. The molecule has 1 N–H and O–H groups in total. The average Bonchev–Trinajstić information content (AvgIpc) is 2.85. The number of oxazole rings is 1. The van der Waals surface area contributed by atoms with E-state index in [1.54, 1.807) is 11.2 Å². The largest absolute Gasteiger partial charge is 0.422 e. The van der Waals surface area contributed by atoms with Gasteiger partial charge in [-0.2, -0.15) is 4.98 Å². The van der Waals surface area contributed by atoms with Crippen molar-refractivity contribution in [2.24, 2.45) is 5.92 Å². The van der Waals surface area contributed by atoms with Crippen LogP contribution in [0.5, 0.6) is 0 Å². The molecule has 1 saturated heterocycles. The number of hydrogen-bond donors (Lipinski definition) is 1. The van der Waals surface area contributed by atoms with E-state index < -0.39 is 10.0 Å². The average molecular weight is 325 g/mol. The first-order valence-corrected chi connectivity index (χ1v) is 9.05. The zero-order valence-electron chi connectivity index (χ0n) is 12.6. The van der Waals surface area contributed by atoms with Crippen molar-refractivity contribution >= 4 is 27.1 Å². The minimum Gasteiger partial charge on any atom is -0.422 e. The highest BCUT2D eigenvalue weighted by Crippen LogP contribution is 2.22. The number of aryl methyl sites for hydroxylation is 1. The fourth-order valence-corrected chi connectivity index (χ4v) is 3.67. The molecule has 120 valence electrons. The number of nitrogens with zero attached hydrogens (tertiary/aromatic N) is 4. The fraction of sp³-hybridized carbons (Fsp3) is 0.615. The molecule has 0 amide bonds. The monoisotopic (exact) mass is 325 g/mol. The maximum atomic E-state index is 11.6. The van der Waals surface area contributed by atoms with Gasteiger partial charge in [-0.25, -0.2) is 22.7 Å². The quantitative estimate of drug-likeness (QED) is 0.895. The Balaban J connectivity index is 1.69. The first-order chi connectivity index (χ1) is 10.4. The zero-order valence-corrected chi connectivity index (χ0v) is 13.4. The van der Waals surface area contributed by atoms with Gasteiger partial charge in [0.25, 0.3) is 5.71 Å². The lowest BCUT2D eigenvalue weighted by molar-refractivity contribution is 0.276. The molecule has 0 radical (unpaired) electrons. The number of nitrogens with one attached hydrogen (secondary N) is 1. The molecule has 0 aromatic carbocycles. The molecule has 1 aliphatic heterocycles. The van der Waals surface area contributed by atoms with Crippen molar-refractivity contribution in [1.82, 2.24) is 19.3 Å². The van der Waals surface area contributed by atoms with Crippen LogP contribution in [0.4, 0.5) is 5.82 Å². The van der Waals surface area contributed by atoms with Crippen molar-refractivity contribution in [2.75, 3.05) is 31.2 Å². The maximum absolute atomic E-state index is 11.6. The topological polar surface area (TPSA) is 101 Å². The molecule has 0 bridgehead atoms. The van der Waals surface area contributed by atoms with Gasteiger partial charge in [-0.3, -0.25) is 0 Å². The Hall–Kier alpha value is -1.74. The van der Waals surface area contributed by atoms with Gasteiger partial charge in [0.15, 0.2) is 17.2 Å². The third kappa shape index (κ3) is 3.20. The van der Waals surface area contributed by atoms with Crippen LogP contribution in [-0.2, 0) is 10.0 Å². The first kappa shape index (κ1) is 15.2. The second-order valence-electron chi connectivity index (χ2n) is 5.62. The molecule has 1 atom stereocenters. The molecule has 2 aromatic rings. The van der Waals surface area contributed by atoms with Crippen LogP contribution in [0.2, 0.25) is 0 Å². The normalized spacial score (nSPS) is 20.4. The van der Waals surface area contributed by atoms with Gasteiger partial charge in [-0.15, -0.1) is 0 Å². The molecule has 3 rings (SSSR count). The predicted molar refractivity (Wildman–Crippen MR) is 82.0 cm³/mol. The van der Waals surface area contributed by atoms with E-state index in [2.05, 4.69) is 20.3 Å². The van der Waals surface area contributed by atoms with E-state index in [-0.39, 0.29) is 5.92 Å². The number of aromatic nitrogens is 3. The standard InChI is InChI=1S/C13H19N5O3S/c1-9-17-11-12(15-8-16-13(11)21-9)14-6-10-4-3-5-18(7-10)22(2,19)20/h8,10H,3-7H2,1-2H3,(H,14,15,16). The first-order valence-electron chi connectivity index (χ1n) is 7.20. The van der Waals surface area contributed by atoms with Crippen molar-refractivity contribution < 1.29 is 12.8 Å². The lowest BCUT2D eigenvalue weighted by Crippen LogP contribution is -2.41. The van der Waals surface area contributed by atoms with Crippen molar-refractivity contribution in [3.63, 3.8) is 0 Å². The summed E-state index contributed by atoms with van der Waals surface area (Å²) in [5.41, 5.74) is 1.06. The van der Waals surface area contributed by atoms with Gasteiger partial charge < -0.3 is 9.73 Å². The Bertz CT molecular complexity index is 773. The minimum absolute atomic E-state index is 0.251. The van der Waals surface area contributed by atoms with Crippen LogP contribution in [0.15, 0.2) is 10.7 Å². The molecule has 1 aliphatic rings. The third-order valence-electron chi connectivity index (χ3n) is 3.81. The number of sulfonamides is 1. The number of hydrogen-bond acceptors (Lipinski definition) is 7. The zero-order chi connectivity index (χ0) is 15.7. The number of piperidine rings is 1. The molecule has 9 heteroatoms. The van der Waals surface area contributed by atoms with Crippen LogP contribution in [0.1, 0.15) is 18.7 Å². The number of rotatable bonds is 4. The van der Waals surface area contributed by atoms with Crippen molar-refractivity contribution in [3.05, 3.63) is 12.2 Å². The van der Waals surface area contributed by atoms with Gasteiger partial charge in [0.2, 0.25) is 10.0 Å². The molecule has 2 aromatic heterocycles. The Morgan fingerprint density at radius 2 is 2.27 bits per heavy atom. The van der Waals surface area contributed by atoms with E-state index >= 15 is 0 Å². The van der Waals surface area contributed by atoms with Gasteiger partial charge in [0.05, 0.1) is 6.26 Å². The van der Waals surface area contributed by atoms with Crippen LogP contribution in [-0.4, -0.2) is 53.6 Å². The summed E-state index contributed by atoms with van der Waals surface area (Å²) in [6, 6.07) is 0. The Kier molecular flexibility index (Phi) is 4.00. The van der Waals surface area contributed by atoms with Crippen LogP contribution in [0.3, 0.4) is 0 Å². The molecular weight excluding hydrogens is 306 g/mol. The molecule has 1 unspecified atom stereocenters. The number of anilines is 1. The molecule has 0 aliphatic carbocycles. The van der Waals surface area contributed by atoms with Gasteiger partial charge in [0.1, 0.15) is 6.33 Å². The van der Waals surface area contributed by atoms with Gasteiger partial charge >= 0.3 is 0 Å². The van der Waals surface area contributed by atoms with E-state index in [0.717, 1.165) is 12.8 Å². The highest BCUT2D eigenvalue weighted by atomic mass is 32.2. The van der Waals surface area contributed by atoms with E-state index in [1.165, 1.54) is 12.6 Å². The summed E-state index contributed by atoms with van der Waals surface area (Å²) in [6.45, 7) is 3.55. The molecular formula is C13H19N5O3S. The Morgan fingerprint density at radius 3 is 3.05 bits per heavy atom. The molecule has 0 spiro atoms. The molecule has 8 nitrogen and oxygen atoms in total. The highest BCUT2D eigenvalue weighted by Gasteiger charge is 2.26. The summed E-state index contributed by atoms with van der Waals surface area (Å²) in [5.74, 6) is 1.42. The van der Waals surface area contributed by atoms with Crippen LogP contribution < -0.4 is 5.32 Å². The molecule has 3 heterocycles. The van der Waals surface area contributed by atoms with E-state index in [0.29, 0.717) is 42.6 Å². The fourth-order valence-electron chi connectivity index (χ4n) is 2.72. The van der Waals surface area contributed by atoms with Gasteiger partial charge in [-0.05, 0) is 18.8 Å². The van der Waals surface area contributed by atoms with E-state index in [1.807, 2.05) is 0 Å². The van der Waals surface area contributed by atoms with Crippen molar-refractivity contribution in [2.45, 2.75) is 19.8 Å². The summed E-state index contributed by atoms with van der Waals surface area (Å²) in [5, 5.41) is 3.25. The lowest BCUT2D eigenvalue weighted by atomic mass is 10.00. The minimum atomic E-state index is -3.12. The highest BCUT2D eigenvalue weighted by molar-refractivity contribution is 7.88. The van der Waals surface area contributed by atoms with Crippen LogP contribution >= 0.6 is 0 Å². The van der Waals surface area contributed by atoms with Crippen LogP contribution in [0.25, 0.3) is 11.2 Å². The Morgan fingerprint density at radius 1 is 1.45 bits per heavy atom. The second-order valence-corrected chi connectivity index (χ2v) is 7.60. The van der Waals surface area contributed by atoms with Gasteiger partial charge in [-0.1, -0.05) is 0 Å². The molecule has 1 fully saturated rings. The summed E-state index contributed by atoms with van der Waals surface area (Å²) in [7, 11) is -3.12. The SMILES string of the molecule is Cc1nc2c(NCC3CCCN(S(C)(=O)=O)C3)ncnc2o1. The summed E-state index contributed by atoms with van der Waals surface area (Å²) in [6.07, 6.45) is 4.56. The van der Waals surface area contributed by atoms with Crippen molar-refractivity contribution in [1.29, 1.82) is 0 Å². The lowest BCUT2D eigenvalue weighted by Gasteiger charge is -2.31. The smallest absolute Gasteiger partial charge is 0.252 e. The molecule has 0 saturated carbocycles. The maximum Gasteiger partial charge on any atom is 0.252 e. The summed E-state index contributed by atoms with van der Waals surface area (Å²) < 4.78 is 30.2. The van der Waals surface area contributed by atoms with Gasteiger partial charge in [0, 0.05) is 26.6 Å². The van der Waals surface area contributed by atoms with Crippen LogP contribution in [0, 0.1) is 12.8 Å². The molecule has 22 heavy (non-hydrogen) atoms. The van der Waals surface area contributed by atoms with Crippen molar-refractivity contribution in [3.8, 4) is 0 Å². The number of fused-ring (bicyclic) bond motifs is 1. The Labute approximate surface area is 129 Å². The third-order valence-corrected chi connectivity index (χ3v) is 5.08. The van der Waals surface area contributed by atoms with E-state index in [9.17, 15) is 8.42 Å². The predicted octanol–water partition coefficient (Wildman–Crippen LogP) is 1.01. The summed E-state index contributed by atoms with van der Waals surface area (Å²) >= 11 is 0. The second kappa shape index (κ2) is 5.81. The van der Waals surface area contributed by atoms with E-state index in [4.69, 9.17) is 4.42 Å².